The molecular formula is C37H35N5O5S2. The highest BCUT2D eigenvalue weighted by molar-refractivity contribution is 7.93. The Hall–Kier alpha value is -5.30. The van der Waals surface area contributed by atoms with Gasteiger partial charge in [-0.25, -0.2) is 16.8 Å². The molecule has 0 bridgehead atoms. The molecular weight excluding hydrogens is 659 g/mol. The number of likely N-dealkylation sites (N-methyl/N-ethyl adjacent to an activating group) is 1. The van der Waals surface area contributed by atoms with Crippen molar-refractivity contribution < 1.29 is 21.6 Å². The van der Waals surface area contributed by atoms with Gasteiger partial charge in [-0.1, -0.05) is 66.7 Å². The van der Waals surface area contributed by atoms with Gasteiger partial charge in [-0.15, -0.1) is 0 Å². The van der Waals surface area contributed by atoms with Crippen LogP contribution in [-0.4, -0.2) is 60.5 Å². The van der Waals surface area contributed by atoms with Gasteiger partial charge in [0.25, 0.3) is 20.0 Å². The van der Waals surface area contributed by atoms with Crippen molar-refractivity contribution in [3.8, 4) is 0 Å². The molecule has 250 valence electrons. The van der Waals surface area contributed by atoms with E-state index in [1.165, 1.54) is 16.4 Å². The van der Waals surface area contributed by atoms with Crippen LogP contribution in [0.4, 0.5) is 22.7 Å². The van der Waals surface area contributed by atoms with E-state index in [2.05, 4.69) is 10.0 Å². The van der Waals surface area contributed by atoms with E-state index in [1.807, 2.05) is 49.3 Å². The number of hydrogen-bond acceptors (Lipinski definition) is 7. The number of carbonyl (C=O) groups excluding carboxylic acids is 1. The number of benzene rings is 5. The van der Waals surface area contributed by atoms with E-state index in [0.29, 0.717) is 46.1 Å². The maximum Gasteiger partial charge on any atom is 0.264 e. The fraction of sp³-hybridized carbons (Fsp3) is 0.135. The lowest BCUT2D eigenvalue weighted by molar-refractivity contribution is -0.115. The summed E-state index contributed by atoms with van der Waals surface area (Å²) in [5.41, 5.74) is 3.57. The van der Waals surface area contributed by atoms with Crippen LogP contribution >= 0.6 is 0 Å². The third-order valence-corrected chi connectivity index (χ3v) is 11.2. The SMILES string of the molecule is CN(C)CCN(c1ccc(N=C(c2ccccc2)C2C(=O)Nc3ccc(NS(=O)(=O)c4ccccc4)cc32)cc1)S(=O)(=O)c1ccccc1. The highest BCUT2D eigenvalue weighted by Gasteiger charge is 2.36. The molecule has 1 aliphatic rings. The molecule has 1 amide bonds. The first-order valence-corrected chi connectivity index (χ1v) is 18.4. The highest BCUT2D eigenvalue weighted by atomic mass is 32.2. The molecule has 0 radical (unpaired) electrons. The lowest BCUT2D eigenvalue weighted by atomic mass is 9.90. The summed E-state index contributed by atoms with van der Waals surface area (Å²) >= 11 is 0. The monoisotopic (exact) mass is 693 g/mol. The number of amides is 1. The average molecular weight is 694 g/mol. The number of hydrogen-bond donors (Lipinski definition) is 2. The van der Waals surface area contributed by atoms with Crippen LogP contribution < -0.4 is 14.3 Å². The van der Waals surface area contributed by atoms with Gasteiger partial charge in [0.05, 0.1) is 26.9 Å². The zero-order valence-corrected chi connectivity index (χ0v) is 28.5. The molecule has 12 heteroatoms. The summed E-state index contributed by atoms with van der Waals surface area (Å²) in [4.78, 5) is 20.7. The van der Waals surface area contributed by atoms with Gasteiger partial charge < -0.3 is 10.2 Å². The van der Waals surface area contributed by atoms with Gasteiger partial charge in [-0.05, 0) is 92.0 Å². The van der Waals surface area contributed by atoms with Gasteiger partial charge in [0.1, 0.15) is 5.92 Å². The zero-order valence-electron chi connectivity index (χ0n) is 26.9. The summed E-state index contributed by atoms with van der Waals surface area (Å²) in [6.45, 7) is 0.737. The van der Waals surface area contributed by atoms with E-state index in [4.69, 9.17) is 4.99 Å². The summed E-state index contributed by atoms with van der Waals surface area (Å²) < 4.78 is 57.6. The number of aliphatic imine (C=N–C) groups is 1. The van der Waals surface area contributed by atoms with Gasteiger partial charge >= 0.3 is 0 Å². The third kappa shape index (κ3) is 7.41. The number of carbonyl (C=O) groups is 1. The van der Waals surface area contributed by atoms with Crippen LogP contribution in [0.2, 0.25) is 0 Å². The minimum atomic E-state index is -3.87. The van der Waals surface area contributed by atoms with Crippen molar-refractivity contribution in [3.05, 3.63) is 145 Å². The van der Waals surface area contributed by atoms with Crippen LogP contribution in [0, 0.1) is 0 Å². The standard InChI is InChI=1S/C37H35N5O5S2/c1-41(2)24-25-42(49(46,47)32-16-10-5-11-17-32)30-21-18-28(19-22-30)38-36(27-12-6-3-7-13-27)35-33-26-29(20-23-34(33)39-37(35)43)40-48(44,45)31-14-8-4-9-15-31/h3-23,26,35,40H,24-25H2,1-2H3,(H,39,43). The summed E-state index contributed by atoms with van der Waals surface area (Å²) in [6, 6.07) is 37.4. The van der Waals surface area contributed by atoms with Crippen molar-refractivity contribution >= 4 is 54.4 Å². The molecule has 0 fully saturated rings. The quantitative estimate of drug-likeness (QED) is 0.152. The first kappa shape index (κ1) is 33.6. The Bertz CT molecular complexity index is 2190. The molecule has 0 spiro atoms. The van der Waals surface area contributed by atoms with Gasteiger partial charge in [0, 0.05) is 24.5 Å². The van der Waals surface area contributed by atoms with Crippen molar-refractivity contribution in [2.75, 3.05) is 41.5 Å². The molecule has 5 aromatic rings. The van der Waals surface area contributed by atoms with Gasteiger partial charge in [0.15, 0.2) is 0 Å². The minimum Gasteiger partial charge on any atom is -0.325 e. The molecule has 0 aliphatic carbocycles. The van der Waals surface area contributed by atoms with Crippen molar-refractivity contribution in [2.24, 2.45) is 4.99 Å². The van der Waals surface area contributed by atoms with E-state index in [9.17, 15) is 21.6 Å². The summed E-state index contributed by atoms with van der Waals surface area (Å²) in [6.07, 6.45) is 0. The molecule has 6 rings (SSSR count). The summed E-state index contributed by atoms with van der Waals surface area (Å²) in [7, 11) is -3.95. The second kappa shape index (κ2) is 14.0. The van der Waals surface area contributed by atoms with E-state index >= 15 is 0 Å². The Labute approximate surface area is 286 Å². The third-order valence-electron chi connectivity index (χ3n) is 8.00. The minimum absolute atomic E-state index is 0.119. The average Bonchev–Trinajstić information content (AvgIpc) is 3.43. The molecule has 49 heavy (non-hydrogen) atoms. The Morgan fingerprint density at radius 3 is 1.94 bits per heavy atom. The van der Waals surface area contributed by atoms with Crippen LogP contribution in [0.15, 0.2) is 148 Å². The molecule has 1 atom stereocenters. The van der Waals surface area contributed by atoms with Crippen molar-refractivity contribution in [1.29, 1.82) is 0 Å². The lowest BCUT2D eigenvalue weighted by Crippen LogP contribution is -2.36. The van der Waals surface area contributed by atoms with E-state index in [0.717, 1.165) is 0 Å². The Morgan fingerprint density at radius 2 is 1.33 bits per heavy atom. The van der Waals surface area contributed by atoms with Gasteiger partial charge in [0.2, 0.25) is 5.91 Å². The summed E-state index contributed by atoms with van der Waals surface area (Å²) in [5.74, 6) is -1.16. The number of fused-ring (bicyclic) bond motifs is 1. The fourth-order valence-electron chi connectivity index (χ4n) is 5.55. The number of sulfonamides is 2. The molecule has 0 aromatic heterocycles. The van der Waals surface area contributed by atoms with Crippen molar-refractivity contribution in [2.45, 2.75) is 15.7 Å². The molecule has 1 heterocycles. The molecule has 1 unspecified atom stereocenters. The maximum absolute atomic E-state index is 13.7. The second-order valence-corrected chi connectivity index (χ2v) is 15.3. The van der Waals surface area contributed by atoms with Crippen LogP contribution in [-0.2, 0) is 24.8 Å². The van der Waals surface area contributed by atoms with E-state index in [-0.39, 0.29) is 22.2 Å². The molecule has 0 saturated heterocycles. The first-order chi connectivity index (χ1) is 23.5. The van der Waals surface area contributed by atoms with Crippen molar-refractivity contribution in [3.63, 3.8) is 0 Å². The number of nitrogens with zero attached hydrogens (tertiary/aromatic N) is 3. The largest absolute Gasteiger partial charge is 0.325 e. The van der Waals surface area contributed by atoms with Crippen LogP contribution in [0.25, 0.3) is 0 Å². The summed E-state index contributed by atoms with van der Waals surface area (Å²) in [5, 5.41) is 2.91. The Morgan fingerprint density at radius 1 is 0.735 bits per heavy atom. The number of nitrogens with one attached hydrogen (secondary N) is 2. The maximum atomic E-state index is 13.7. The van der Waals surface area contributed by atoms with Crippen LogP contribution in [0.3, 0.4) is 0 Å². The van der Waals surface area contributed by atoms with Gasteiger partial charge in [-0.2, -0.15) is 0 Å². The van der Waals surface area contributed by atoms with E-state index < -0.39 is 26.0 Å². The smallest absolute Gasteiger partial charge is 0.264 e. The van der Waals surface area contributed by atoms with Gasteiger partial charge in [-0.3, -0.25) is 18.8 Å². The first-order valence-electron chi connectivity index (χ1n) is 15.5. The van der Waals surface area contributed by atoms with Crippen molar-refractivity contribution in [1.82, 2.24) is 4.90 Å². The lowest BCUT2D eigenvalue weighted by Gasteiger charge is -2.26. The molecule has 5 aromatic carbocycles. The predicted molar refractivity (Wildman–Crippen MR) is 194 cm³/mol. The van der Waals surface area contributed by atoms with Crippen LogP contribution in [0.5, 0.6) is 0 Å². The molecule has 0 saturated carbocycles. The molecule has 1 aliphatic heterocycles. The normalized spacial score (nSPS) is 14.7. The molecule has 2 N–H and O–H groups in total. The van der Waals surface area contributed by atoms with E-state index in [1.54, 1.807) is 91.0 Å². The number of anilines is 3. The van der Waals surface area contributed by atoms with Crippen LogP contribution in [0.1, 0.15) is 17.0 Å². The highest BCUT2D eigenvalue weighted by Crippen LogP contribution is 2.38. The Kier molecular flexibility index (Phi) is 9.63. The topological polar surface area (TPSA) is 128 Å². The Balaban J connectivity index is 1.37. The zero-order chi connectivity index (χ0) is 34.6. The second-order valence-electron chi connectivity index (χ2n) is 11.7. The molecule has 10 nitrogen and oxygen atoms in total. The fourth-order valence-corrected chi connectivity index (χ4v) is 8.09. The number of rotatable bonds is 12. The predicted octanol–water partition coefficient (Wildman–Crippen LogP) is 6.10.